The van der Waals surface area contributed by atoms with Crippen LogP contribution in [-0.2, 0) is 17.4 Å². The Morgan fingerprint density at radius 1 is 1.42 bits per heavy atom. The van der Waals surface area contributed by atoms with Crippen LogP contribution in [0.2, 0.25) is 0 Å². The van der Waals surface area contributed by atoms with E-state index >= 15 is 0 Å². The molecule has 0 spiro atoms. The topological polar surface area (TPSA) is 75.3 Å². The summed E-state index contributed by atoms with van der Waals surface area (Å²) in [7, 11) is -1.78. The fourth-order valence-electron chi connectivity index (χ4n) is 3.24. The van der Waals surface area contributed by atoms with Gasteiger partial charge in [-0.05, 0) is 30.0 Å². The summed E-state index contributed by atoms with van der Waals surface area (Å²) >= 11 is 0. The van der Waals surface area contributed by atoms with Gasteiger partial charge in [-0.1, -0.05) is 19.9 Å². The zero-order chi connectivity index (χ0) is 18.9. The lowest BCUT2D eigenvalue weighted by Crippen LogP contribution is -2.33. The maximum Gasteiger partial charge on any atom is 0.387 e. The highest BCUT2D eigenvalue weighted by molar-refractivity contribution is 7.83. The molecule has 2 aromatic rings. The largest absolute Gasteiger partial charge is 0.469 e. The number of nitriles is 1. The summed E-state index contributed by atoms with van der Waals surface area (Å²) in [5.74, 6) is 0.550. The number of ether oxygens (including phenoxy) is 1. The van der Waals surface area contributed by atoms with E-state index in [1.165, 1.54) is 18.2 Å². The SMILES string of the molecule is CC1(C)Cc2occc2C(NS(=O)c2cccc(OC(F)F)c2C#N)C1. The third-order valence-electron chi connectivity index (χ3n) is 4.32. The summed E-state index contributed by atoms with van der Waals surface area (Å²) in [6.45, 7) is 1.12. The average Bonchev–Trinajstić information content (AvgIpc) is 3.01. The average molecular weight is 380 g/mol. The van der Waals surface area contributed by atoms with Gasteiger partial charge >= 0.3 is 6.61 Å². The summed E-state index contributed by atoms with van der Waals surface area (Å²) < 4.78 is 50.8. The molecule has 2 atom stereocenters. The van der Waals surface area contributed by atoms with Gasteiger partial charge in [-0.3, -0.25) is 0 Å². The van der Waals surface area contributed by atoms with Crippen molar-refractivity contribution in [3.63, 3.8) is 0 Å². The molecular weight excluding hydrogens is 362 g/mol. The molecule has 0 fully saturated rings. The minimum absolute atomic E-state index is 0.0502. The van der Waals surface area contributed by atoms with Gasteiger partial charge in [-0.25, -0.2) is 8.93 Å². The number of nitrogens with zero attached hydrogens (tertiary/aromatic N) is 1. The zero-order valence-electron chi connectivity index (χ0n) is 14.3. The standard InChI is InChI=1S/C18H18F2N2O3S/c1-18(2)8-13(11-6-7-24-15(11)9-18)22-26(23)16-5-3-4-14(12(16)10-21)25-17(19)20/h3-7,13,17,22H,8-9H2,1-2H3. The first-order valence-electron chi connectivity index (χ1n) is 8.03. The fraction of sp³-hybridized carbons (Fsp3) is 0.389. The Hall–Kier alpha value is -2.24. The Morgan fingerprint density at radius 3 is 2.88 bits per heavy atom. The van der Waals surface area contributed by atoms with Crippen molar-refractivity contribution in [1.82, 2.24) is 4.72 Å². The third-order valence-corrected chi connectivity index (χ3v) is 5.55. The second kappa shape index (κ2) is 7.17. The van der Waals surface area contributed by atoms with Crippen LogP contribution in [-0.4, -0.2) is 10.8 Å². The zero-order valence-corrected chi connectivity index (χ0v) is 15.1. The Morgan fingerprint density at radius 2 is 2.19 bits per heavy atom. The molecule has 3 rings (SSSR count). The number of nitrogens with one attached hydrogen (secondary N) is 1. The summed E-state index contributed by atoms with van der Waals surface area (Å²) in [5, 5.41) is 9.32. The van der Waals surface area contributed by atoms with Gasteiger partial charge in [0.15, 0.2) is 0 Å². The molecule has 0 aliphatic heterocycles. The number of alkyl halides is 2. The minimum Gasteiger partial charge on any atom is -0.469 e. The van der Waals surface area contributed by atoms with Crippen molar-refractivity contribution < 1.29 is 22.1 Å². The summed E-state index contributed by atoms with van der Waals surface area (Å²) in [6, 6.07) is 7.55. The minimum atomic E-state index is -3.06. The van der Waals surface area contributed by atoms with Crippen LogP contribution < -0.4 is 9.46 Å². The molecule has 1 aliphatic carbocycles. The molecule has 1 heterocycles. The second-order valence-corrected chi connectivity index (χ2v) is 8.12. The van der Waals surface area contributed by atoms with Crippen LogP contribution in [0.25, 0.3) is 0 Å². The van der Waals surface area contributed by atoms with Crippen LogP contribution in [0, 0.1) is 16.7 Å². The lowest BCUT2D eigenvalue weighted by molar-refractivity contribution is -0.0501. The molecule has 0 saturated carbocycles. The maximum absolute atomic E-state index is 12.8. The lowest BCUT2D eigenvalue weighted by Gasteiger charge is -2.34. The highest BCUT2D eigenvalue weighted by Crippen LogP contribution is 2.41. The highest BCUT2D eigenvalue weighted by Gasteiger charge is 2.35. The molecule has 8 heteroatoms. The number of rotatable bonds is 5. The molecule has 1 aromatic carbocycles. The van der Waals surface area contributed by atoms with Gasteiger partial charge in [-0.15, -0.1) is 0 Å². The highest BCUT2D eigenvalue weighted by atomic mass is 32.2. The van der Waals surface area contributed by atoms with Gasteiger partial charge in [0.1, 0.15) is 34.1 Å². The van der Waals surface area contributed by atoms with E-state index in [4.69, 9.17) is 4.42 Å². The van der Waals surface area contributed by atoms with E-state index < -0.39 is 17.6 Å². The van der Waals surface area contributed by atoms with E-state index in [-0.39, 0.29) is 27.7 Å². The third kappa shape index (κ3) is 3.79. The van der Waals surface area contributed by atoms with Crippen molar-refractivity contribution in [2.45, 2.75) is 44.2 Å². The Labute approximate surface area is 152 Å². The molecule has 0 radical (unpaired) electrons. The van der Waals surface area contributed by atoms with Gasteiger partial charge in [0.05, 0.1) is 11.2 Å². The Kier molecular flexibility index (Phi) is 5.12. The normalized spacial score (nSPS) is 19.6. The van der Waals surface area contributed by atoms with Crippen LogP contribution in [0.5, 0.6) is 5.75 Å². The fourth-order valence-corrected chi connectivity index (χ4v) is 4.37. The first-order valence-corrected chi connectivity index (χ1v) is 9.18. The van der Waals surface area contributed by atoms with Crippen molar-refractivity contribution in [2.75, 3.05) is 0 Å². The van der Waals surface area contributed by atoms with Crippen LogP contribution in [0.1, 0.15) is 43.2 Å². The van der Waals surface area contributed by atoms with E-state index in [9.17, 15) is 18.3 Å². The molecule has 2 unspecified atom stereocenters. The van der Waals surface area contributed by atoms with E-state index in [2.05, 4.69) is 23.3 Å². The van der Waals surface area contributed by atoms with Gasteiger partial charge in [-0.2, -0.15) is 14.0 Å². The second-order valence-electron chi connectivity index (χ2n) is 6.90. The molecule has 0 saturated heterocycles. The van der Waals surface area contributed by atoms with Crippen molar-refractivity contribution >= 4 is 11.0 Å². The van der Waals surface area contributed by atoms with Crippen LogP contribution in [0.15, 0.2) is 39.8 Å². The number of benzene rings is 1. The van der Waals surface area contributed by atoms with Crippen molar-refractivity contribution in [2.24, 2.45) is 5.41 Å². The monoisotopic (exact) mass is 380 g/mol. The first kappa shape index (κ1) is 18.5. The number of furan rings is 1. The summed E-state index contributed by atoms with van der Waals surface area (Å²) in [4.78, 5) is 0.110. The number of halogens is 2. The Balaban J connectivity index is 1.89. The van der Waals surface area contributed by atoms with E-state index in [0.29, 0.717) is 0 Å². The molecule has 0 amide bonds. The smallest absolute Gasteiger partial charge is 0.387 e. The quantitative estimate of drug-likeness (QED) is 0.848. The molecule has 1 aromatic heterocycles. The molecule has 138 valence electrons. The maximum atomic E-state index is 12.8. The molecule has 26 heavy (non-hydrogen) atoms. The lowest BCUT2D eigenvalue weighted by atomic mass is 9.75. The molecule has 0 bridgehead atoms. The van der Waals surface area contributed by atoms with Crippen molar-refractivity contribution in [3.8, 4) is 11.8 Å². The van der Waals surface area contributed by atoms with Gasteiger partial charge < -0.3 is 9.15 Å². The molecule has 1 N–H and O–H groups in total. The first-order chi connectivity index (χ1) is 12.3. The van der Waals surface area contributed by atoms with Crippen molar-refractivity contribution in [1.29, 1.82) is 5.26 Å². The van der Waals surface area contributed by atoms with Crippen LogP contribution in [0.4, 0.5) is 8.78 Å². The van der Waals surface area contributed by atoms with Crippen molar-refractivity contribution in [3.05, 3.63) is 47.4 Å². The van der Waals surface area contributed by atoms with E-state index in [1.54, 1.807) is 6.26 Å². The van der Waals surface area contributed by atoms with Gasteiger partial charge in [0, 0.05) is 18.0 Å². The number of hydrogen-bond donors (Lipinski definition) is 1. The van der Waals surface area contributed by atoms with Gasteiger partial charge in [0.2, 0.25) is 0 Å². The molecule has 1 aliphatic rings. The number of fused-ring (bicyclic) bond motifs is 1. The summed E-state index contributed by atoms with van der Waals surface area (Å²) in [5.41, 5.74) is 0.711. The summed E-state index contributed by atoms with van der Waals surface area (Å²) in [6.07, 6.45) is 3.10. The predicted octanol–water partition coefficient (Wildman–Crippen LogP) is 4.08. The predicted molar refractivity (Wildman–Crippen MR) is 90.9 cm³/mol. The number of hydrogen-bond acceptors (Lipinski definition) is 4. The van der Waals surface area contributed by atoms with E-state index in [0.717, 1.165) is 24.2 Å². The van der Waals surface area contributed by atoms with Crippen LogP contribution >= 0.6 is 0 Å². The van der Waals surface area contributed by atoms with E-state index in [1.807, 2.05) is 12.1 Å². The Bertz CT molecular complexity index is 874. The van der Waals surface area contributed by atoms with Gasteiger partial charge in [0.25, 0.3) is 0 Å². The molecule has 5 nitrogen and oxygen atoms in total. The molecular formula is C18H18F2N2O3S. The van der Waals surface area contributed by atoms with Crippen LogP contribution in [0.3, 0.4) is 0 Å².